The van der Waals surface area contributed by atoms with Gasteiger partial charge in [0.2, 0.25) is 0 Å². The average Bonchev–Trinajstić information content (AvgIpc) is 2.46. The third-order valence-electron chi connectivity index (χ3n) is 2.97. The summed E-state index contributed by atoms with van der Waals surface area (Å²) in [4.78, 5) is 14.0. The second kappa shape index (κ2) is 6.44. The molecule has 0 radical (unpaired) electrons. The number of carbonyl (C=O) groups is 1. The summed E-state index contributed by atoms with van der Waals surface area (Å²) in [5, 5.41) is 0.671. The van der Waals surface area contributed by atoms with Crippen LogP contribution in [-0.4, -0.2) is 25.0 Å². The highest BCUT2D eigenvalue weighted by Gasteiger charge is 2.12. The molecule has 0 atom stereocenters. The molecule has 0 aliphatic rings. The van der Waals surface area contributed by atoms with E-state index in [9.17, 15) is 4.79 Å². The van der Waals surface area contributed by atoms with Gasteiger partial charge in [0, 0.05) is 24.2 Å². The molecule has 104 valence electrons. The SMILES string of the molecule is COc1cccc(C(=O)N(C)Cc2cccc(Cl)c2)c1. The Labute approximate surface area is 123 Å². The van der Waals surface area contributed by atoms with Crippen LogP contribution in [0.5, 0.6) is 5.75 Å². The van der Waals surface area contributed by atoms with Crippen LogP contribution >= 0.6 is 11.6 Å². The molecule has 0 heterocycles. The van der Waals surface area contributed by atoms with Gasteiger partial charge >= 0.3 is 0 Å². The summed E-state index contributed by atoms with van der Waals surface area (Å²) in [6, 6.07) is 14.6. The number of ether oxygens (including phenoxy) is 1. The molecule has 0 unspecified atom stereocenters. The van der Waals surface area contributed by atoms with Crippen molar-refractivity contribution in [3.63, 3.8) is 0 Å². The molecular weight excluding hydrogens is 274 g/mol. The number of benzene rings is 2. The lowest BCUT2D eigenvalue weighted by Gasteiger charge is -2.17. The van der Waals surface area contributed by atoms with E-state index in [-0.39, 0.29) is 5.91 Å². The summed E-state index contributed by atoms with van der Waals surface area (Å²) in [6.07, 6.45) is 0. The second-order valence-electron chi connectivity index (χ2n) is 4.52. The first-order valence-corrected chi connectivity index (χ1v) is 6.62. The van der Waals surface area contributed by atoms with Crippen molar-refractivity contribution in [2.24, 2.45) is 0 Å². The van der Waals surface area contributed by atoms with Crippen LogP contribution in [0.1, 0.15) is 15.9 Å². The van der Waals surface area contributed by atoms with Gasteiger partial charge in [-0.25, -0.2) is 0 Å². The molecule has 0 bridgehead atoms. The van der Waals surface area contributed by atoms with Crippen molar-refractivity contribution in [2.75, 3.05) is 14.2 Å². The zero-order chi connectivity index (χ0) is 14.5. The number of hydrogen-bond donors (Lipinski definition) is 0. The van der Waals surface area contributed by atoms with Crippen LogP contribution < -0.4 is 4.74 Å². The topological polar surface area (TPSA) is 29.5 Å². The maximum absolute atomic E-state index is 12.3. The van der Waals surface area contributed by atoms with Crippen molar-refractivity contribution >= 4 is 17.5 Å². The highest BCUT2D eigenvalue weighted by Crippen LogP contribution is 2.16. The van der Waals surface area contributed by atoms with E-state index in [1.165, 1.54) is 0 Å². The molecule has 3 nitrogen and oxygen atoms in total. The van der Waals surface area contributed by atoms with Gasteiger partial charge in [-0.15, -0.1) is 0 Å². The molecule has 0 aromatic heterocycles. The van der Waals surface area contributed by atoms with E-state index in [1.54, 1.807) is 37.3 Å². The Hall–Kier alpha value is -2.00. The van der Waals surface area contributed by atoms with E-state index in [2.05, 4.69) is 0 Å². The third kappa shape index (κ3) is 3.52. The number of halogens is 1. The van der Waals surface area contributed by atoms with E-state index in [1.807, 2.05) is 30.3 Å². The largest absolute Gasteiger partial charge is 0.497 e. The fourth-order valence-corrected chi connectivity index (χ4v) is 2.17. The van der Waals surface area contributed by atoms with Crippen LogP contribution in [0.3, 0.4) is 0 Å². The lowest BCUT2D eigenvalue weighted by Crippen LogP contribution is -2.26. The van der Waals surface area contributed by atoms with Crippen molar-refractivity contribution < 1.29 is 9.53 Å². The van der Waals surface area contributed by atoms with Gasteiger partial charge in [0.1, 0.15) is 5.75 Å². The molecule has 0 saturated heterocycles. The summed E-state index contributed by atoms with van der Waals surface area (Å²) in [6.45, 7) is 0.511. The van der Waals surface area contributed by atoms with E-state index in [4.69, 9.17) is 16.3 Å². The molecule has 20 heavy (non-hydrogen) atoms. The zero-order valence-electron chi connectivity index (χ0n) is 11.5. The molecule has 0 aliphatic carbocycles. The predicted molar refractivity (Wildman–Crippen MR) is 80.2 cm³/mol. The van der Waals surface area contributed by atoms with Crippen LogP contribution in [-0.2, 0) is 6.54 Å². The van der Waals surface area contributed by atoms with Crippen LogP contribution in [0.15, 0.2) is 48.5 Å². The molecule has 4 heteroatoms. The molecule has 0 N–H and O–H groups in total. The summed E-state index contributed by atoms with van der Waals surface area (Å²) < 4.78 is 5.13. The van der Waals surface area contributed by atoms with Crippen molar-refractivity contribution in [3.05, 3.63) is 64.7 Å². The van der Waals surface area contributed by atoms with Crippen LogP contribution in [0.2, 0.25) is 5.02 Å². The van der Waals surface area contributed by atoms with Crippen molar-refractivity contribution in [1.29, 1.82) is 0 Å². The Kier molecular flexibility index (Phi) is 4.64. The van der Waals surface area contributed by atoms with Crippen LogP contribution in [0, 0.1) is 0 Å². The summed E-state index contributed by atoms with van der Waals surface area (Å²) >= 11 is 5.94. The first-order valence-electron chi connectivity index (χ1n) is 6.24. The van der Waals surface area contributed by atoms with Gasteiger partial charge in [0.15, 0.2) is 0 Å². The lowest BCUT2D eigenvalue weighted by atomic mass is 10.1. The Morgan fingerprint density at radius 2 is 1.95 bits per heavy atom. The summed E-state index contributed by atoms with van der Waals surface area (Å²) in [5.41, 5.74) is 1.60. The van der Waals surface area contributed by atoms with Gasteiger partial charge in [-0.1, -0.05) is 29.8 Å². The average molecular weight is 290 g/mol. The van der Waals surface area contributed by atoms with Crippen LogP contribution in [0.25, 0.3) is 0 Å². The molecule has 1 amide bonds. The van der Waals surface area contributed by atoms with E-state index in [0.717, 1.165) is 5.56 Å². The van der Waals surface area contributed by atoms with Gasteiger partial charge in [-0.2, -0.15) is 0 Å². The van der Waals surface area contributed by atoms with Gasteiger partial charge in [0.25, 0.3) is 5.91 Å². The molecule has 0 spiro atoms. The Morgan fingerprint density at radius 3 is 2.65 bits per heavy atom. The minimum Gasteiger partial charge on any atom is -0.497 e. The van der Waals surface area contributed by atoms with Crippen molar-refractivity contribution in [1.82, 2.24) is 4.90 Å². The number of hydrogen-bond acceptors (Lipinski definition) is 2. The lowest BCUT2D eigenvalue weighted by molar-refractivity contribution is 0.0784. The maximum Gasteiger partial charge on any atom is 0.254 e. The van der Waals surface area contributed by atoms with Gasteiger partial charge in [-0.3, -0.25) is 4.79 Å². The second-order valence-corrected chi connectivity index (χ2v) is 4.96. The normalized spacial score (nSPS) is 10.2. The monoisotopic (exact) mass is 289 g/mol. The molecule has 2 rings (SSSR count). The first-order chi connectivity index (χ1) is 9.60. The summed E-state index contributed by atoms with van der Waals surface area (Å²) in [5.74, 6) is 0.621. The Bertz CT molecular complexity index is 613. The number of amides is 1. The maximum atomic E-state index is 12.3. The van der Waals surface area contributed by atoms with Crippen LogP contribution in [0.4, 0.5) is 0 Å². The van der Waals surface area contributed by atoms with Gasteiger partial charge in [0.05, 0.1) is 7.11 Å². The highest BCUT2D eigenvalue weighted by atomic mass is 35.5. The molecular formula is C16H16ClNO2. The van der Waals surface area contributed by atoms with Gasteiger partial charge < -0.3 is 9.64 Å². The zero-order valence-corrected chi connectivity index (χ0v) is 12.2. The minimum atomic E-state index is -0.0520. The number of methoxy groups -OCH3 is 1. The minimum absolute atomic E-state index is 0.0520. The number of nitrogens with zero attached hydrogens (tertiary/aromatic N) is 1. The number of carbonyl (C=O) groups excluding carboxylic acids is 1. The first kappa shape index (κ1) is 14.4. The third-order valence-corrected chi connectivity index (χ3v) is 3.21. The van der Waals surface area contributed by atoms with Crippen molar-refractivity contribution in [3.8, 4) is 5.75 Å². The van der Waals surface area contributed by atoms with E-state index < -0.39 is 0 Å². The Morgan fingerprint density at radius 1 is 1.20 bits per heavy atom. The van der Waals surface area contributed by atoms with Crippen molar-refractivity contribution in [2.45, 2.75) is 6.54 Å². The fourth-order valence-electron chi connectivity index (χ4n) is 1.96. The fraction of sp³-hybridized carbons (Fsp3) is 0.188. The molecule has 0 aliphatic heterocycles. The summed E-state index contributed by atoms with van der Waals surface area (Å²) in [7, 11) is 3.35. The van der Waals surface area contributed by atoms with E-state index in [0.29, 0.717) is 22.9 Å². The quantitative estimate of drug-likeness (QED) is 0.860. The molecule has 0 fully saturated rings. The van der Waals surface area contributed by atoms with Gasteiger partial charge in [-0.05, 0) is 35.9 Å². The molecule has 2 aromatic carbocycles. The molecule has 2 aromatic rings. The predicted octanol–water partition coefficient (Wildman–Crippen LogP) is 3.62. The Balaban J connectivity index is 2.12. The highest BCUT2D eigenvalue weighted by molar-refractivity contribution is 6.30. The number of rotatable bonds is 4. The van der Waals surface area contributed by atoms with E-state index >= 15 is 0 Å². The standard InChI is InChI=1S/C16H16ClNO2/c1-18(11-12-5-3-7-14(17)9-12)16(19)13-6-4-8-15(10-13)20-2/h3-10H,11H2,1-2H3. The smallest absolute Gasteiger partial charge is 0.254 e. The molecule has 0 saturated carbocycles.